The second-order valence-corrected chi connectivity index (χ2v) is 7.37. The van der Waals surface area contributed by atoms with Gasteiger partial charge in [-0.2, -0.15) is 0 Å². The van der Waals surface area contributed by atoms with Crippen LogP contribution >= 0.6 is 0 Å². The number of aryl methyl sites for hydroxylation is 1. The molecule has 1 rings (SSSR count). The first-order chi connectivity index (χ1) is 11.0. The van der Waals surface area contributed by atoms with E-state index in [-0.39, 0.29) is 24.3 Å². The van der Waals surface area contributed by atoms with E-state index in [9.17, 15) is 14.7 Å². The van der Waals surface area contributed by atoms with Crippen molar-refractivity contribution in [2.45, 2.75) is 53.6 Å². The molecule has 134 valence electrons. The van der Waals surface area contributed by atoms with Crippen LogP contribution in [-0.2, 0) is 4.79 Å². The third-order valence-electron chi connectivity index (χ3n) is 4.21. The number of amides is 2. The summed E-state index contributed by atoms with van der Waals surface area (Å²) in [6, 6.07) is 5.16. The molecule has 1 aromatic rings. The van der Waals surface area contributed by atoms with Crippen molar-refractivity contribution in [1.29, 1.82) is 0 Å². The first kappa shape index (κ1) is 20.2. The van der Waals surface area contributed by atoms with Crippen LogP contribution in [0.4, 0.5) is 5.69 Å². The molecule has 0 aliphatic heterocycles. The largest absolute Gasteiger partial charge is 0.388 e. The van der Waals surface area contributed by atoms with Crippen molar-refractivity contribution < 1.29 is 14.7 Å². The maximum Gasteiger partial charge on any atom is 0.251 e. The molecular formula is C19H30N2O3. The van der Waals surface area contributed by atoms with Crippen LogP contribution in [0.5, 0.6) is 0 Å². The molecule has 0 fully saturated rings. The van der Waals surface area contributed by atoms with Crippen LogP contribution in [0.1, 0.15) is 57.0 Å². The normalized spacial score (nSPS) is 13.7. The lowest BCUT2D eigenvalue weighted by atomic mass is 9.92. The molecule has 0 bridgehead atoms. The fraction of sp³-hybridized carbons (Fsp3) is 0.579. The van der Waals surface area contributed by atoms with Gasteiger partial charge in [0.2, 0.25) is 5.91 Å². The number of anilines is 1. The van der Waals surface area contributed by atoms with Gasteiger partial charge in [-0.25, -0.2) is 0 Å². The summed E-state index contributed by atoms with van der Waals surface area (Å²) >= 11 is 0. The molecule has 0 saturated heterocycles. The Labute approximate surface area is 144 Å². The summed E-state index contributed by atoms with van der Waals surface area (Å²) in [6.07, 6.45) is 0.464. The molecule has 24 heavy (non-hydrogen) atoms. The average molecular weight is 334 g/mol. The van der Waals surface area contributed by atoms with Gasteiger partial charge in [-0.15, -0.1) is 0 Å². The Bertz CT molecular complexity index is 592. The van der Waals surface area contributed by atoms with Crippen molar-refractivity contribution in [3.8, 4) is 0 Å². The first-order valence-corrected chi connectivity index (χ1v) is 8.44. The summed E-state index contributed by atoms with van der Waals surface area (Å²) in [6.45, 7) is 11.5. The molecule has 0 spiro atoms. The number of benzene rings is 1. The summed E-state index contributed by atoms with van der Waals surface area (Å²) in [5.74, 6) is 0.0690. The second kappa shape index (κ2) is 8.29. The topological polar surface area (TPSA) is 78.4 Å². The van der Waals surface area contributed by atoms with Crippen molar-refractivity contribution >= 4 is 17.5 Å². The molecule has 3 N–H and O–H groups in total. The van der Waals surface area contributed by atoms with Gasteiger partial charge in [-0.05, 0) is 49.4 Å². The molecule has 0 saturated carbocycles. The molecule has 0 radical (unpaired) electrons. The Kier molecular flexibility index (Phi) is 6.96. The minimum absolute atomic E-state index is 0.0294. The van der Waals surface area contributed by atoms with Crippen LogP contribution in [0, 0.1) is 18.8 Å². The molecular weight excluding hydrogens is 304 g/mol. The van der Waals surface area contributed by atoms with Crippen molar-refractivity contribution in [3.63, 3.8) is 0 Å². The van der Waals surface area contributed by atoms with Crippen molar-refractivity contribution in [2.75, 3.05) is 11.9 Å². The summed E-state index contributed by atoms with van der Waals surface area (Å²) in [5.41, 5.74) is 1.10. The van der Waals surface area contributed by atoms with Gasteiger partial charge < -0.3 is 15.7 Å². The van der Waals surface area contributed by atoms with Gasteiger partial charge in [0.15, 0.2) is 0 Å². The van der Waals surface area contributed by atoms with E-state index in [0.29, 0.717) is 23.6 Å². The molecule has 0 aromatic heterocycles. The van der Waals surface area contributed by atoms with Crippen molar-refractivity contribution in [3.05, 3.63) is 29.3 Å². The maximum absolute atomic E-state index is 12.2. The molecule has 5 nitrogen and oxygen atoms in total. The van der Waals surface area contributed by atoms with E-state index in [1.165, 1.54) is 0 Å². The van der Waals surface area contributed by atoms with E-state index >= 15 is 0 Å². The molecule has 0 heterocycles. The third kappa shape index (κ3) is 5.96. The van der Waals surface area contributed by atoms with Crippen LogP contribution in [-0.4, -0.2) is 29.1 Å². The van der Waals surface area contributed by atoms with Gasteiger partial charge >= 0.3 is 0 Å². The van der Waals surface area contributed by atoms with Crippen LogP contribution in [0.3, 0.4) is 0 Å². The number of carbonyl (C=O) groups excluding carboxylic acids is 2. The number of nitrogens with one attached hydrogen (secondary N) is 2. The summed E-state index contributed by atoms with van der Waals surface area (Å²) < 4.78 is 0. The van der Waals surface area contributed by atoms with Gasteiger partial charge in [-0.3, -0.25) is 9.59 Å². The number of hydrogen-bond donors (Lipinski definition) is 3. The predicted molar refractivity (Wildman–Crippen MR) is 97.1 cm³/mol. The average Bonchev–Trinajstić information content (AvgIpc) is 2.46. The molecule has 0 aliphatic rings. The number of aliphatic hydroxyl groups is 1. The lowest BCUT2D eigenvalue weighted by Crippen LogP contribution is -2.44. The lowest BCUT2D eigenvalue weighted by Gasteiger charge is -2.27. The summed E-state index contributed by atoms with van der Waals surface area (Å²) in [4.78, 5) is 24.1. The standard InChI is InChI=1S/C19H30N2O3/c1-12(2)9-17(22)21-16-8-7-15(10-14(16)5)18(23)20-11-19(6,24)13(3)4/h7-8,10,12-13,24H,9,11H2,1-6H3,(H,20,23)(H,21,22). The Morgan fingerprint density at radius 2 is 1.83 bits per heavy atom. The van der Waals surface area contributed by atoms with Crippen LogP contribution in [0.2, 0.25) is 0 Å². The minimum Gasteiger partial charge on any atom is -0.388 e. The molecule has 0 aliphatic carbocycles. The van der Waals surface area contributed by atoms with Gasteiger partial charge in [0.1, 0.15) is 0 Å². The summed E-state index contributed by atoms with van der Waals surface area (Å²) in [5, 5.41) is 15.8. The highest BCUT2D eigenvalue weighted by Crippen LogP contribution is 2.18. The molecule has 1 unspecified atom stereocenters. The van der Waals surface area contributed by atoms with Gasteiger partial charge in [0, 0.05) is 24.2 Å². The van der Waals surface area contributed by atoms with Gasteiger partial charge in [0.05, 0.1) is 5.60 Å². The number of carbonyl (C=O) groups is 2. The number of hydrogen-bond acceptors (Lipinski definition) is 3. The second-order valence-electron chi connectivity index (χ2n) is 7.37. The predicted octanol–water partition coefficient (Wildman–Crippen LogP) is 3.12. The van der Waals surface area contributed by atoms with E-state index in [2.05, 4.69) is 10.6 Å². The highest BCUT2D eigenvalue weighted by atomic mass is 16.3. The van der Waals surface area contributed by atoms with Gasteiger partial charge in [0.25, 0.3) is 5.91 Å². The smallest absolute Gasteiger partial charge is 0.251 e. The van der Waals surface area contributed by atoms with E-state index in [1.807, 2.05) is 34.6 Å². The van der Waals surface area contributed by atoms with Crippen LogP contribution < -0.4 is 10.6 Å². The SMILES string of the molecule is Cc1cc(C(=O)NCC(C)(O)C(C)C)ccc1NC(=O)CC(C)C. The maximum atomic E-state index is 12.2. The highest BCUT2D eigenvalue weighted by Gasteiger charge is 2.25. The zero-order valence-electron chi connectivity index (χ0n) is 15.6. The first-order valence-electron chi connectivity index (χ1n) is 8.44. The molecule has 5 heteroatoms. The van der Waals surface area contributed by atoms with E-state index in [4.69, 9.17) is 0 Å². The highest BCUT2D eigenvalue weighted by molar-refractivity contribution is 5.96. The zero-order valence-corrected chi connectivity index (χ0v) is 15.6. The Morgan fingerprint density at radius 3 is 2.33 bits per heavy atom. The van der Waals surface area contributed by atoms with Crippen molar-refractivity contribution in [2.24, 2.45) is 11.8 Å². The number of rotatable bonds is 7. The summed E-state index contributed by atoms with van der Waals surface area (Å²) in [7, 11) is 0. The minimum atomic E-state index is -0.949. The van der Waals surface area contributed by atoms with Gasteiger partial charge in [-0.1, -0.05) is 27.7 Å². The van der Waals surface area contributed by atoms with E-state index in [0.717, 1.165) is 5.56 Å². The van der Waals surface area contributed by atoms with Crippen LogP contribution in [0.15, 0.2) is 18.2 Å². The third-order valence-corrected chi connectivity index (χ3v) is 4.21. The fourth-order valence-corrected chi connectivity index (χ4v) is 2.08. The quantitative estimate of drug-likeness (QED) is 0.717. The molecule has 1 aromatic carbocycles. The zero-order chi connectivity index (χ0) is 18.5. The Morgan fingerprint density at radius 1 is 1.21 bits per heavy atom. The monoisotopic (exact) mass is 334 g/mol. The van der Waals surface area contributed by atoms with Crippen LogP contribution in [0.25, 0.3) is 0 Å². The Balaban J connectivity index is 2.73. The van der Waals surface area contributed by atoms with E-state index in [1.54, 1.807) is 25.1 Å². The van der Waals surface area contributed by atoms with E-state index < -0.39 is 5.60 Å². The molecule has 1 atom stereocenters. The molecule has 2 amide bonds. The Hall–Kier alpha value is -1.88. The fourth-order valence-electron chi connectivity index (χ4n) is 2.08. The van der Waals surface area contributed by atoms with Crippen molar-refractivity contribution in [1.82, 2.24) is 5.32 Å². The lowest BCUT2D eigenvalue weighted by molar-refractivity contribution is -0.116.